The number of cyclic esters (lactones) is 1. The maximum Gasteiger partial charge on any atom is 0.417 e. The largest absolute Gasteiger partial charge is 0.439 e. The van der Waals surface area contributed by atoms with Crippen molar-refractivity contribution in [2.24, 2.45) is 5.92 Å². The number of benzene rings is 2. The fourth-order valence-corrected chi connectivity index (χ4v) is 3.32. The Labute approximate surface area is 156 Å². The molecule has 4 rings (SSSR count). The molecule has 0 saturated carbocycles. The SMILES string of the molecule is O=C1COC(=O)N1CC1CN(C(=O)N(c2ccccc2)c2ccccc2)C1. The molecule has 0 aliphatic carbocycles. The molecule has 0 unspecified atom stereocenters. The molecular weight excluding hydrogens is 346 g/mol. The lowest BCUT2D eigenvalue weighted by atomic mass is 10.00. The Hall–Kier alpha value is -3.35. The van der Waals surface area contributed by atoms with Crippen molar-refractivity contribution in [1.29, 1.82) is 0 Å². The first kappa shape index (κ1) is 17.1. The molecule has 0 bridgehead atoms. The predicted octanol–water partition coefficient (Wildman–Crippen LogP) is 2.86. The van der Waals surface area contributed by atoms with E-state index in [9.17, 15) is 14.4 Å². The van der Waals surface area contributed by atoms with E-state index in [0.29, 0.717) is 13.1 Å². The van der Waals surface area contributed by atoms with Crippen molar-refractivity contribution in [2.75, 3.05) is 31.1 Å². The van der Waals surface area contributed by atoms with Crippen LogP contribution in [0.1, 0.15) is 0 Å². The molecule has 138 valence electrons. The Bertz CT molecular complexity index is 795. The van der Waals surface area contributed by atoms with Crippen LogP contribution in [0.5, 0.6) is 0 Å². The molecule has 2 aliphatic heterocycles. The molecule has 4 amide bonds. The normalized spacial score (nSPS) is 16.9. The van der Waals surface area contributed by atoms with Crippen LogP contribution in [0.3, 0.4) is 0 Å². The van der Waals surface area contributed by atoms with Crippen LogP contribution in [0.4, 0.5) is 21.0 Å². The van der Waals surface area contributed by atoms with Crippen molar-refractivity contribution >= 4 is 29.4 Å². The van der Waals surface area contributed by atoms with Gasteiger partial charge < -0.3 is 9.64 Å². The second-order valence-corrected chi connectivity index (χ2v) is 6.62. The zero-order chi connectivity index (χ0) is 18.8. The van der Waals surface area contributed by atoms with Crippen LogP contribution in [-0.2, 0) is 9.53 Å². The summed E-state index contributed by atoms with van der Waals surface area (Å²) in [5.74, 6) is -0.253. The highest BCUT2D eigenvalue weighted by Crippen LogP contribution is 2.29. The van der Waals surface area contributed by atoms with Gasteiger partial charge >= 0.3 is 12.1 Å². The summed E-state index contributed by atoms with van der Waals surface area (Å²) < 4.78 is 4.72. The molecule has 2 aromatic rings. The third-order valence-corrected chi connectivity index (χ3v) is 4.73. The molecule has 0 spiro atoms. The van der Waals surface area contributed by atoms with Gasteiger partial charge in [0.2, 0.25) is 0 Å². The van der Waals surface area contributed by atoms with Crippen LogP contribution in [0.15, 0.2) is 60.7 Å². The second kappa shape index (κ2) is 7.11. The first-order valence-electron chi connectivity index (χ1n) is 8.80. The van der Waals surface area contributed by atoms with Crippen molar-refractivity contribution in [3.05, 3.63) is 60.7 Å². The average molecular weight is 365 g/mol. The van der Waals surface area contributed by atoms with Crippen molar-refractivity contribution in [3.63, 3.8) is 0 Å². The molecule has 2 saturated heterocycles. The Balaban J connectivity index is 1.46. The molecule has 2 aromatic carbocycles. The third-order valence-electron chi connectivity index (χ3n) is 4.73. The minimum absolute atomic E-state index is 0.0666. The number of hydrogen-bond acceptors (Lipinski definition) is 4. The van der Waals surface area contributed by atoms with E-state index >= 15 is 0 Å². The van der Waals surface area contributed by atoms with Crippen molar-refractivity contribution < 1.29 is 19.1 Å². The van der Waals surface area contributed by atoms with Gasteiger partial charge in [0, 0.05) is 25.6 Å². The zero-order valence-corrected chi connectivity index (χ0v) is 14.7. The summed E-state index contributed by atoms with van der Waals surface area (Å²) in [4.78, 5) is 40.8. The van der Waals surface area contributed by atoms with E-state index in [1.165, 1.54) is 0 Å². The van der Waals surface area contributed by atoms with Crippen LogP contribution in [-0.4, -0.2) is 54.1 Å². The topological polar surface area (TPSA) is 70.2 Å². The first-order chi connectivity index (χ1) is 13.1. The number of anilines is 2. The monoisotopic (exact) mass is 365 g/mol. The van der Waals surface area contributed by atoms with Crippen LogP contribution >= 0.6 is 0 Å². The summed E-state index contributed by atoms with van der Waals surface area (Å²) in [7, 11) is 0. The summed E-state index contributed by atoms with van der Waals surface area (Å²) in [6, 6.07) is 18.8. The minimum Gasteiger partial charge on any atom is -0.439 e. The molecule has 2 aliphatic rings. The van der Waals surface area contributed by atoms with E-state index in [4.69, 9.17) is 4.74 Å². The third kappa shape index (κ3) is 3.36. The number of amides is 4. The van der Waals surface area contributed by atoms with Crippen molar-refractivity contribution in [2.45, 2.75) is 0 Å². The number of rotatable bonds is 4. The van der Waals surface area contributed by atoms with Gasteiger partial charge in [-0.25, -0.2) is 14.5 Å². The number of carbonyl (C=O) groups excluding carboxylic acids is 3. The van der Waals surface area contributed by atoms with E-state index in [1.807, 2.05) is 60.7 Å². The number of urea groups is 1. The highest BCUT2D eigenvalue weighted by molar-refractivity contribution is 6.00. The van der Waals surface area contributed by atoms with Gasteiger partial charge in [0.15, 0.2) is 6.61 Å². The average Bonchev–Trinajstić information content (AvgIpc) is 2.97. The first-order valence-corrected chi connectivity index (χ1v) is 8.80. The Morgan fingerprint density at radius 1 is 0.963 bits per heavy atom. The van der Waals surface area contributed by atoms with Gasteiger partial charge in [-0.2, -0.15) is 0 Å². The molecule has 0 atom stereocenters. The number of hydrogen-bond donors (Lipinski definition) is 0. The van der Waals surface area contributed by atoms with Gasteiger partial charge in [0.1, 0.15) is 0 Å². The molecule has 0 aromatic heterocycles. The molecule has 27 heavy (non-hydrogen) atoms. The van der Waals surface area contributed by atoms with E-state index < -0.39 is 6.09 Å². The molecule has 0 radical (unpaired) electrons. The molecule has 2 fully saturated rings. The van der Waals surface area contributed by atoms with E-state index in [2.05, 4.69) is 0 Å². The Morgan fingerprint density at radius 2 is 1.52 bits per heavy atom. The lowest BCUT2D eigenvalue weighted by Crippen LogP contribution is -2.57. The number of ether oxygens (including phenoxy) is 1. The van der Waals surface area contributed by atoms with Crippen LogP contribution in [0, 0.1) is 5.92 Å². The molecule has 7 heteroatoms. The second-order valence-electron chi connectivity index (χ2n) is 6.62. The lowest BCUT2D eigenvalue weighted by Gasteiger charge is -2.42. The molecule has 2 heterocycles. The zero-order valence-electron chi connectivity index (χ0n) is 14.7. The van der Waals surface area contributed by atoms with Crippen LogP contribution in [0.25, 0.3) is 0 Å². The standard InChI is InChI=1S/C20H19N3O4/c24-18-14-27-20(26)22(18)13-15-11-21(12-15)19(25)23(16-7-3-1-4-8-16)17-9-5-2-6-10-17/h1-10,15H,11-14H2. The van der Waals surface area contributed by atoms with Crippen molar-refractivity contribution in [1.82, 2.24) is 9.80 Å². The maximum absolute atomic E-state index is 13.1. The number of nitrogens with zero attached hydrogens (tertiary/aromatic N) is 3. The summed E-state index contributed by atoms with van der Waals surface area (Å²) in [6.45, 7) is 1.08. The highest BCUT2D eigenvalue weighted by atomic mass is 16.6. The fraction of sp³-hybridized carbons (Fsp3) is 0.250. The number of likely N-dealkylation sites (tertiary alicyclic amines) is 1. The number of carbonyl (C=O) groups is 3. The van der Waals surface area contributed by atoms with Gasteiger partial charge in [0.05, 0.1) is 11.4 Å². The number of imide groups is 1. The summed E-state index contributed by atoms with van der Waals surface area (Å²) in [5, 5.41) is 0. The van der Waals surface area contributed by atoms with Gasteiger partial charge in [0.25, 0.3) is 5.91 Å². The van der Waals surface area contributed by atoms with Crippen LogP contribution < -0.4 is 4.90 Å². The summed E-state index contributed by atoms with van der Waals surface area (Å²) in [6.07, 6.45) is -0.597. The van der Waals surface area contributed by atoms with Gasteiger partial charge in [-0.05, 0) is 24.3 Å². The van der Waals surface area contributed by atoms with Gasteiger partial charge in [-0.1, -0.05) is 36.4 Å². The smallest absolute Gasteiger partial charge is 0.417 e. The van der Waals surface area contributed by atoms with Gasteiger partial charge in [-0.3, -0.25) is 9.69 Å². The minimum atomic E-state index is -0.597. The lowest BCUT2D eigenvalue weighted by molar-refractivity contribution is -0.126. The Kier molecular flexibility index (Phi) is 4.50. The molecule has 0 N–H and O–H groups in total. The summed E-state index contributed by atoms with van der Waals surface area (Å²) >= 11 is 0. The molecular formula is C20H19N3O4. The Morgan fingerprint density at radius 3 is 2.00 bits per heavy atom. The number of para-hydroxylation sites is 2. The van der Waals surface area contributed by atoms with E-state index in [-0.39, 0.29) is 31.0 Å². The van der Waals surface area contributed by atoms with E-state index in [0.717, 1.165) is 16.3 Å². The highest BCUT2D eigenvalue weighted by Gasteiger charge is 2.39. The quantitative estimate of drug-likeness (QED) is 0.835. The van der Waals surface area contributed by atoms with Crippen LogP contribution in [0.2, 0.25) is 0 Å². The summed E-state index contributed by atoms with van der Waals surface area (Å²) in [5.41, 5.74) is 1.57. The maximum atomic E-state index is 13.1. The van der Waals surface area contributed by atoms with Gasteiger partial charge in [-0.15, -0.1) is 0 Å². The van der Waals surface area contributed by atoms with E-state index in [1.54, 1.807) is 9.80 Å². The molecule has 7 nitrogen and oxygen atoms in total. The predicted molar refractivity (Wildman–Crippen MR) is 98.5 cm³/mol. The fourth-order valence-electron chi connectivity index (χ4n) is 3.32. The van der Waals surface area contributed by atoms with Crippen molar-refractivity contribution in [3.8, 4) is 0 Å².